The molecule has 0 radical (unpaired) electrons. The van der Waals surface area contributed by atoms with Gasteiger partial charge in [-0.15, -0.1) is 0 Å². The van der Waals surface area contributed by atoms with Crippen molar-refractivity contribution in [2.45, 2.75) is 70.2 Å². The summed E-state index contributed by atoms with van der Waals surface area (Å²) in [5, 5.41) is 7.11. The molecule has 0 unspecified atom stereocenters. The maximum absolute atomic E-state index is 13.7. The van der Waals surface area contributed by atoms with Crippen molar-refractivity contribution in [3.8, 4) is 5.75 Å². The van der Waals surface area contributed by atoms with Gasteiger partial charge in [-0.2, -0.15) is 13.9 Å². The molecule has 2 heterocycles. The van der Waals surface area contributed by atoms with Crippen LogP contribution in [0.25, 0.3) is 10.4 Å². The van der Waals surface area contributed by atoms with Crippen molar-refractivity contribution in [2.75, 3.05) is 10.8 Å². The summed E-state index contributed by atoms with van der Waals surface area (Å²) < 4.78 is 66.4. The number of esters is 1. The number of halogens is 2. The number of alkyl halides is 2. The highest BCUT2D eigenvalue weighted by Gasteiger charge is 2.42. The number of sulfonamides is 1. The summed E-state index contributed by atoms with van der Waals surface area (Å²) in [6.45, 7) is 4.86. The van der Waals surface area contributed by atoms with E-state index in [1.807, 2.05) is 0 Å². The normalized spacial score (nSPS) is 18.0. The molecule has 0 amide bonds. The molecule has 0 saturated heterocycles. The molecule has 190 valence electrons. The van der Waals surface area contributed by atoms with Crippen molar-refractivity contribution in [3.63, 3.8) is 0 Å². The number of fused-ring (bicyclic) bond motifs is 1. The van der Waals surface area contributed by atoms with Crippen LogP contribution in [0.2, 0.25) is 0 Å². The highest BCUT2D eigenvalue weighted by atomic mass is 32.2. The lowest BCUT2D eigenvalue weighted by molar-refractivity contribution is -0.153. The van der Waals surface area contributed by atoms with Crippen LogP contribution < -0.4 is 9.04 Å². The Bertz CT molecular complexity index is 1270. The van der Waals surface area contributed by atoms with Gasteiger partial charge in [-0.25, -0.2) is 13.1 Å². The monoisotopic (exact) mass is 512 g/mol. The van der Waals surface area contributed by atoms with Gasteiger partial charge >= 0.3 is 12.5 Å². The van der Waals surface area contributed by atoms with E-state index in [1.165, 1.54) is 19.1 Å². The summed E-state index contributed by atoms with van der Waals surface area (Å²) in [5.41, 5.74) is 8.48. The molecular formula is C21H26F2N6O5S. The largest absolute Gasteiger partial charge is 0.486 e. The minimum atomic E-state index is -4.41. The Labute approximate surface area is 201 Å². The van der Waals surface area contributed by atoms with E-state index in [4.69, 9.17) is 15.0 Å². The second-order valence-corrected chi connectivity index (χ2v) is 10.8. The minimum absolute atomic E-state index is 0.109. The molecule has 0 spiro atoms. The van der Waals surface area contributed by atoms with Crippen molar-refractivity contribution >= 4 is 21.7 Å². The molecule has 14 heteroatoms. The molecule has 1 aromatic carbocycles. The minimum Gasteiger partial charge on any atom is -0.486 e. The molecule has 0 fully saturated rings. The van der Waals surface area contributed by atoms with E-state index in [1.54, 1.807) is 33.8 Å². The molecule has 3 rings (SSSR count). The van der Waals surface area contributed by atoms with Crippen LogP contribution in [0.4, 0.5) is 14.5 Å². The van der Waals surface area contributed by atoms with Gasteiger partial charge in [0, 0.05) is 4.91 Å². The molecule has 0 aliphatic carbocycles. The number of carbonyl (C=O) groups excluding carboxylic acids is 1. The Hall–Kier alpha value is -3.38. The van der Waals surface area contributed by atoms with Crippen LogP contribution in [-0.4, -0.2) is 48.5 Å². The summed E-state index contributed by atoms with van der Waals surface area (Å²) in [7, 11) is -4.41. The lowest BCUT2D eigenvalue weighted by atomic mass is 10.1. The molecule has 1 aromatic heterocycles. The second kappa shape index (κ2) is 9.70. The standard InChI is InChI=1S/C21H26F2N6O5S/c1-12-18(11-28(26-12)20(22)23)35(31,32)29-13(2)17(10-25-27-24)33-16-7-6-14(8-15(16)29)9-19(30)34-21(3,4)5/h6-8,11,13,17,20H,9-10H2,1-5H3/t13-,17+/m1/s1. The number of hydrogen-bond donors (Lipinski definition) is 0. The first kappa shape index (κ1) is 26.2. The fourth-order valence-electron chi connectivity index (χ4n) is 3.70. The predicted molar refractivity (Wildman–Crippen MR) is 122 cm³/mol. The number of azide groups is 1. The molecule has 1 aliphatic rings. The van der Waals surface area contributed by atoms with Gasteiger partial charge in [0.1, 0.15) is 22.4 Å². The van der Waals surface area contributed by atoms with Gasteiger partial charge in [-0.1, -0.05) is 11.2 Å². The highest BCUT2D eigenvalue weighted by molar-refractivity contribution is 7.93. The number of ether oxygens (including phenoxy) is 2. The average Bonchev–Trinajstić information content (AvgIpc) is 3.13. The fourth-order valence-corrected chi connectivity index (χ4v) is 5.54. The summed E-state index contributed by atoms with van der Waals surface area (Å²) in [5.74, 6) is -0.344. The number of rotatable bonds is 7. The van der Waals surface area contributed by atoms with Gasteiger partial charge < -0.3 is 9.47 Å². The molecular weight excluding hydrogens is 486 g/mol. The number of nitrogens with zero attached hydrogens (tertiary/aromatic N) is 6. The third kappa shape index (κ3) is 5.65. The van der Waals surface area contributed by atoms with E-state index in [2.05, 4.69) is 15.1 Å². The third-order valence-corrected chi connectivity index (χ3v) is 7.15. The van der Waals surface area contributed by atoms with Crippen LogP contribution in [0.3, 0.4) is 0 Å². The quantitative estimate of drug-likeness (QED) is 0.237. The molecule has 1 aliphatic heterocycles. The third-order valence-electron chi connectivity index (χ3n) is 5.15. The smallest absolute Gasteiger partial charge is 0.333 e. The first-order valence-electron chi connectivity index (χ1n) is 10.6. The van der Waals surface area contributed by atoms with Crippen LogP contribution >= 0.6 is 0 Å². The molecule has 2 aromatic rings. The van der Waals surface area contributed by atoms with Gasteiger partial charge in [-0.05, 0) is 57.8 Å². The van der Waals surface area contributed by atoms with E-state index in [9.17, 15) is 22.0 Å². The Morgan fingerprint density at radius 3 is 2.63 bits per heavy atom. The zero-order valence-electron chi connectivity index (χ0n) is 19.8. The van der Waals surface area contributed by atoms with E-state index in [0.717, 1.165) is 10.5 Å². The van der Waals surface area contributed by atoms with Gasteiger partial charge in [0.25, 0.3) is 10.0 Å². The first-order valence-corrected chi connectivity index (χ1v) is 12.1. The second-order valence-electron chi connectivity index (χ2n) is 9.01. The van der Waals surface area contributed by atoms with E-state index >= 15 is 0 Å². The summed E-state index contributed by atoms with van der Waals surface area (Å²) in [4.78, 5) is 14.6. The number of carbonyl (C=O) groups is 1. The van der Waals surface area contributed by atoms with Crippen molar-refractivity contribution < 1.29 is 31.5 Å². The lowest BCUT2D eigenvalue weighted by Gasteiger charge is -2.40. The highest BCUT2D eigenvalue weighted by Crippen LogP contribution is 2.41. The number of anilines is 1. The number of benzene rings is 1. The molecule has 2 atom stereocenters. The topological polar surface area (TPSA) is 139 Å². The van der Waals surface area contributed by atoms with Crippen molar-refractivity contribution in [3.05, 3.63) is 46.1 Å². The molecule has 11 nitrogen and oxygen atoms in total. The summed E-state index contributed by atoms with van der Waals surface area (Å²) >= 11 is 0. The number of aryl methyl sites for hydroxylation is 1. The predicted octanol–water partition coefficient (Wildman–Crippen LogP) is 4.13. The summed E-state index contributed by atoms with van der Waals surface area (Å²) in [6.07, 6.45) is -0.211. The van der Waals surface area contributed by atoms with E-state index < -0.39 is 45.2 Å². The van der Waals surface area contributed by atoms with E-state index in [-0.39, 0.29) is 34.8 Å². The fraction of sp³-hybridized carbons (Fsp3) is 0.524. The Kier molecular flexibility index (Phi) is 7.27. The van der Waals surface area contributed by atoms with Crippen molar-refractivity contribution in [1.29, 1.82) is 0 Å². The SMILES string of the molecule is Cc1nn(C(F)F)cc1S(=O)(=O)N1c2cc(CC(=O)OC(C)(C)C)ccc2O[C@@H](CN=[N+]=[N-])[C@H]1C. The maximum atomic E-state index is 13.7. The molecule has 35 heavy (non-hydrogen) atoms. The maximum Gasteiger partial charge on any atom is 0.333 e. The Balaban J connectivity index is 2.10. The zero-order valence-corrected chi connectivity index (χ0v) is 20.7. The van der Waals surface area contributed by atoms with Crippen LogP contribution in [0.5, 0.6) is 5.75 Å². The van der Waals surface area contributed by atoms with Crippen molar-refractivity contribution in [2.24, 2.45) is 5.11 Å². The van der Waals surface area contributed by atoms with Crippen LogP contribution in [0, 0.1) is 6.92 Å². The zero-order chi connectivity index (χ0) is 26.1. The van der Waals surface area contributed by atoms with Gasteiger partial charge in [0.15, 0.2) is 0 Å². The molecule has 0 bridgehead atoms. The average molecular weight is 513 g/mol. The molecule has 0 N–H and O–H groups in total. The molecule has 0 saturated carbocycles. The van der Waals surface area contributed by atoms with Gasteiger partial charge in [-0.3, -0.25) is 9.10 Å². The van der Waals surface area contributed by atoms with Crippen LogP contribution in [-0.2, 0) is 26.0 Å². The van der Waals surface area contributed by atoms with E-state index in [0.29, 0.717) is 5.56 Å². The van der Waals surface area contributed by atoms with Gasteiger partial charge in [0.05, 0.1) is 36.6 Å². The van der Waals surface area contributed by atoms with Crippen LogP contribution in [0.1, 0.15) is 45.5 Å². The van der Waals surface area contributed by atoms with Crippen molar-refractivity contribution in [1.82, 2.24) is 9.78 Å². The van der Waals surface area contributed by atoms with Crippen LogP contribution in [0.15, 0.2) is 34.4 Å². The number of hydrogen-bond acceptors (Lipinski definition) is 7. The Morgan fingerprint density at radius 1 is 1.37 bits per heavy atom. The van der Waals surface area contributed by atoms with Gasteiger partial charge in [0.2, 0.25) is 0 Å². The number of aromatic nitrogens is 2. The summed E-state index contributed by atoms with van der Waals surface area (Å²) in [6, 6.07) is 3.68. The Morgan fingerprint density at radius 2 is 2.06 bits per heavy atom. The lowest BCUT2D eigenvalue weighted by Crippen LogP contribution is -2.52. The first-order chi connectivity index (χ1) is 16.2.